The van der Waals surface area contributed by atoms with Gasteiger partial charge in [-0.3, -0.25) is 14.4 Å². The summed E-state index contributed by atoms with van der Waals surface area (Å²) in [4.78, 5) is 19.7. The quantitative estimate of drug-likeness (QED) is 0.375. The van der Waals surface area contributed by atoms with Crippen LogP contribution in [-0.2, 0) is 21.3 Å². The standard InChI is InChI=1S/C23H22FN5O4S2/c24-18-4-7-20-21(16-18)34-23(26-20)29(11-10-27-9-1-8-25-27)22(30)17-2-5-19(6-3-17)35(31,32)28-12-14-33-15-13-28/h1-9,16H,10-15H2. The molecule has 1 fully saturated rings. The summed E-state index contributed by atoms with van der Waals surface area (Å²) in [5, 5.41) is 4.61. The van der Waals surface area contributed by atoms with Gasteiger partial charge in [0.25, 0.3) is 5.91 Å². The second-order valence-corrected chi connectivity index (χ2v) is 10.8. The first-order valence-electron chi connectivity index (χ1n) is 11.0. The second kappa shape index (κ2) is 9.82. The van der Waals surface area contributed by atoms with Crippen molar-refractivity contribution in [2.75, 3.05) is 37.7 Å². The number of hydrogen-bond donors (Lipinski definition) is 0. The zero-order valence-corrected chi connectivity index (χ0v) is 20.2. The number of morpholine rings is 1. The number of rotatable bonds is 7. The van der Waals surface area contributed by atoms with Crippen LogP contribution < -0.4 is 4.90 Å². The van der Waals surface area contributed by atoms with Gasteiger partial charge < -0.3 is 4.74 Å². The summed E-state index contributed by atoms with van der Waals surface area (Å²) < 4.78 is 48.5. The Labute approximate surface area is 205 Å². The number of thiazole rings is 1. The summed E-state index contributed by atoms with van der Waals surface area (Å²) in [5.41, 5.74) is 0.909. The highest BCUT2D eigenvalue weighted by Crippen LogP contribution is 2.30. The van der Waals surface area contributed by atoms with Crippen molar-refractivity contribution in [3.63, 3.8) is 0 Å². The highest BCUT2D eigenvalue weighted by Gasteiger charge is 2.27. The minimum atomic E-state index is -3.67. The number of aromatic nitrogens is 3. The lowest BCUT2D eigenvalue weighted by atomic mass is 10.2. The van der Waals surface area contributed by atoms with Crippen LogP contribution in [0.25, 0.3) is 10.2 Å². The molecule has 2 aromatic heterocycles. The van der Waals surface area contributed by atoms with E-state index in [1.165, 1.54) is 56.9 Å². The first-order valence-corrected chi connectivity index (χ1v) is 13.2. The van der Waals surface area contributed by atoms with E-state index in [4.69, 9.17) is 4.74 Å². The number of amides is 1. The van der Waals surface area contributed by atoms with Gasteiger partial charge in [-0.25, -0.2) is 17.8 Å². The van der Waals surface area contributed by atoms with Crippen molar-refractivity contribution in [3.8, 4) is 0 Å². The Kier molecular flexibility index (Phi) is 6.60. The average Bonchev–Trinajstić information content (AvgIpc) is 3.54. The fraction of sp³-hybridized carbons (Fsp3) is 0.261. The SMILES string of the molecule is O=C(c1ccc(S(=O)(=O)N2CCOCC2)cc1)N(CCn1cccn1)c1nc2ccc(F)cc2s1. The van der Waals surface area contributed by atoms with E-state index in [0.29, 0.717) is 53.8 Å². The summed E-state index contributed by atoms with van der Waals surface area (Å²) in [6, 6.07) is 12.0. The van der Waals surface area contributed by atoms with E-state index in [-0.39, 0.29) is 23.2 Å². The van der Waals surface area contributed by atoms with Crippen LogP contribution in [-0.4, -0.2) is 66.2 Å². The molecule has 0 aliphatic carbocycles. The van der Waals surface area contributed by atoms with Crippen LogP contribution in [0.2, 0.25) is 0 Å². The molecule has 1 amide bonds. The molecule has 0 spiro atoms. The van der Waals surface area contributed by atoms with Gasteiger partial charge in [-0.05, 0) is 48.5 Å². The molecular formula is C23H22FN5O4S2. The zero-order chi connectivity index (χ0) is 24.4. The van der Waals surface area contributed by atoms with Gasteiger partial charge in [0.05, 0.1) is 34.9 Å². The van der Waals surface area contributed by atoms with Crippen molar-refractivity contribution in [1.82, 2.24) is 19.1 Å². The van der Waals surface area contributed by atoms with E-state index in [0.717, 1.165) is 0 Å². The summed E-state index contributed by atoms with van der Waals surface area (Å²) in [6.07, 6.45) is 3.45. The molecule has 0 atom stereocenters. The molecule has 0 N–H and O–H groups in total. The van der Waals surface area contributed by atoms with Crippen LogP contribution in [0.3, 0.4) is 0 Å². The van der Waals surface area contributed by atoms with Crippen LogP contribution in [0.15, 0.2) is 65.8 Å². The van der Waals surface area contributed by atoms with Gasteiger partial charge in [-0.1, -0.05) is 11.3 Å². The maximum absolute atomic E-state index is 13.7. The van der Waals surface area contributed by atoms with E-state index in [9.17, 15) is 17.6 Å². The number of carbonyl (C=O) groups is 1. The van der Waals surface area contributed by atoms with Crippen molar-refractivity contribution in [3.05, 3.63) is 72.3 Å². The molecule has 0 unspecified atom stereocenters. The van der Waals surface area contributed by atoms with E-state index < -0.39 is 10.0 Å². The smallest absolute Gasteiger partial charge is 0.260 e. The van der Waals surface area contributed by atoms with Gasteiger partial charge >= 0.3 is 0 Å². The molecule has 35 heavy (non-hydrogen) atoms. The number of nitrogens with zero attached hydrogens (tertiary/aromatic N) is 5. The molecule has 1 aliphatic rings. The number of benzene rings is 2. The van der Waals surface area contributed by atoms with Crippen molar-refractivity contribution < 1.29 is 22.3 Å². The molecule has 5 rings (SSSR count). The van der Waals surface area contributed by atoms with Crippen LogP contribution in [0, 0.1) is 5.82 Å². The monoisotopic (exact) mass is 515 g/mol. The maximum Gasteiger partial charge on any atom is 0.260 e. The number of fused-ring (bicyclic) bond motifs is 1. The van der Waals surface area contributed by atoms with Crippen molar-refractivity contribution in [2.24, 2.45) is 0 Å². The van der Waals surface area contributed by atoms with Crippen LogP contribution >= 0.6 is 11.3 Å². The Balaban J connectivity index is 1.43. The Bertz CT molecular complexity index is 1430. The van der Waals surface area contributed by atoms with Gasteiger partial charge in [0.1, 0.15) is 5.82 Å². The summed E-state index contributed by atoms with van der Waals surface area (Å²) in [5.74, 6) is -0.716. The molecule has 182 valence electrons. The molecule has 1 saturated heterocycles. The Morgan fingerprint density at radius 3 is 2.63 bits per heavy atom. The number of carbonyl (C=O) groups excluding carboxylic acids is 1. The molecule has 12 heteroatoms. The predicted molar refractivity (Wildman–Crippen MR) is 130 cm³/mol. The first-order chi connectivity index (χ1) is 16.9. The third-order valence-corrected chi connectivity index (χ3v) is 8.59. The Hall–Kier alpha value is -3.19. The first kappa shape index (κ1) is 23.5. The maximum atomic E-state index is 13.7. The molecular weight excluding hydrogens is 493 g/mol. The minimum absolute atomic E-state index is 0.120. The fourth-order valence-corrected chi connectivity index (χ4v) is 6.21. The summed E-state index contributed by atoms with van der Waals surface area (Å²) >= 11 is 1.22. The molecule has 0 radical (unpaired) electrons. The van der Waals surface area contributed by atoms with Gasteiger partial charge in [-0.2, -0.15) is 9.40 Å². The molecule has 1 aliphatic heterocycles. The molecule has 0 bridgehead atoms. The van der Waals surface area contributed by atoms with Crippen LogP contribution in [0.4, 0.5) is 9.52 Å². The third-order valence-electron chi connectivity index (χ3n) is 5.64. The molecule has 9 nitrogen and oxygen atoms in total. The van der Waals surface area contributed by atoms with Crippen molar-refractivity contribution in [2.45, 2.75) is 11.4 Å². The zero-order valence-electron chi connectivity index (χ0n) is 18.6. The summed E-state index contributed by atoms with van der Waals surface area (Å²) in [6.45, 7) is 1.99. The van der Waals surface area contributed by atoms with E-state index in [1.54, 1.807) is 29.2 Å². The lowest BCUT2D eigenvalue weighted by Gasteiger charge is -2.26. The second-order valence-electron chi connectivity index (χ2n) is 7.88. The van der Waals surface area contributed by atoms with Gasteiger partial charge in [-0.15, -0.1) is 0 Å². The highest BCUT2D eigenvalue weighted by atomic mass is 32.2. The molecule has 3 heterocycles. The van der Waals surface area contributed by atoms with Gasteiger partial charge in [0, 0.05) is 37.6 Å². The van der Waals surface area contributed by atoms with E-state index in [2.05, 4.69) is 10.1 Å². The highest BCUT2D eigenvalue weighted by molar-refractivity contribution is 7.89. The minimum Gasteiger partial charge on any atom is -0.379 e. The van der Waals surface area contributed by atoms with E-state index in [1.807, 2.05) is 0 Å². The lowest BCUT2D eigenvalue weighted by molar-refractivity contribution is 0.0730. The number of ether oxygens (including phenoxy) is 1. The summed E-state index contributed by atoms with van der Waals surface area (Å²) in [7, 11) is -3.67. The van der Waals surface area contributed by atoms with E-state index >= 15 is 0 Å². The van der Waals surface area contributed by atoms with Gasteiger partial charge in [0.15, 0.2) is 5.13 Å². The largest absolute Gasteiger partial charge is 0.379 e. The Morgan fingerprint density at radius 2 is 1.91 bits per heavy atom. The number of sulfonamides is 1. The number of hydrogen-bond acceptors (Lipinski definition) is 7. The normalized spacial score (nSPS) is 14.9. The van der Waals surface area contributed by atoms with Crippen molar-refractivity contribution in [1.29, 1.82) is 0 Å². The molecule has 0 saturated carbocycles. The molecule has 2 aromatic carbocycles. The number of halogens is 1. The van der Waals surface area contributed by atoms with Crippen LogP contribution in [0.5, 0.6) is 0 Å². The molecule has 4 aromatic rings. The topological polar surface area (TPSA) is 97.6 Å². The van der Waals surface area contributed by atoms with Crippen LogP contribution in [0.1, 0.15) is 10.4 Å². The average molecular weight is 516 g/mol. The third kappa shape index (κ3) is 4.96. The predicted octanol–water partition coefficient (Wildman–Crippen LogP) is 3.00. The lowest BCUT2D eigenvalue weighted by Crippen LogP contribution is -2.40. The van der Waals surface area contributed by atoms with Crippen molar-refractivity contribution >= 4 is 42.6 Å². The van der Waals surface area contributed by atoms with Gasteiger partial charge in [0.2, 0.25) is 10.0 Å². The Morgan fingerprint density at radius 1 is 1.14 bits per heavy atom. The fourth-order valence-electron chi connectivity index (χ4n) is 3.78. The number of anilines is 1.